The molecule has 0 bridgehead atoms. The summed E-state index contributed by atoms with van der Waals surface area (Å²) >= 11 is 0. The number of aromatic nitrogens is 2. The maximum Gasteiger partial charge on any atom is 0.0960 e. The third-order valence-electron chi connectivity index (χ3n) is 2.70. The quantitative estimate of drug-likeness (QED) is 0.801. The molecule has 0 radical (unpaired) electrons. The summed E-state index contributed by atoms with van der Waals surface area (Å²) in [5.41, 5.74) is 3.41. The average molecular weight is 219 g/mol. The fourth-order valence-electron chi connectivity index (χ4n) is 1.82. The molecule has 0 amide bonds. The van der Waals surface area contributed by atoms with Crippen molar-refractivity contribution in [1.82, 2.24) is 9.55 Å². The lowest BCUT2D eigenvalue weighted by Gasteiger charge is -2.08. The van der Waals surface area contributed by atoms with Crippen molar-refractivity contribution in [2.24, 2.45) is 5.90 Å². The van der Waals surface area contributed by atoms with Gasteiger partial charge >= 0.3 is 0 Å². The standard InChI is InChI=1S/C12H17N3O/c1-9(2)15-8-14-11-7-10(5-6-16-13)3-4-12(11)15/h3-4,7-9H,5-6,13H2,1-2H3. The number of nitrogens with two attached hydrogens (primary N) is 1. The molecule has 0 aliphatic heterocycles. The van der Waals surface area contributed by atoms with Gasteiger partial charge in [0.25, 0.3) is 0 Å². The molecule has 0 unspecified atom stereocenters. The van der Waals surface area contributed by atoms with E-state index < -0.39 is 0 Å². The van der Waals surface area contributed by atoms with Crippen LogP contribution in [0.25, 0.3) is 11.0 Å². The predicted molar refractivity (Wildman–Crippen MR) is 64.0 cm³/mol. The maximum atomic E-state index is 5.01. The molecule has 4 nitrogen and oxygen atoms in total. The van der Waals surface area contributed by atoms with E-state index in [-0.39, 0.29) is 0 Å². The van der Waals surface area contributed by atoms with Crippen LogP contribution in [0.15, 0.2) is 24.5 Å². The van der Waals surface area contributed by atoms with Crippen LogP contribution in [-0.4, -0.2) is 16.2 Å². The first kappa shape index (κ1) is 11.1. The zero-order valence-electron chi connectivity index (χ0n) is 9.68. The van der Waals surface area contributed by atoms with E-state index >= 15 is 0 Å². The molecule has 2 N–H and O–H groups in total. The zero-order valence-corrected chi connectivity index (χ0v) is 9.68. The number of imidazole rings is 1. The summed E-state index contributed by atoms with van der Waals surface area (Å²) in [5, 5.41) is 0. The molecule has 1 aromatic carbocycles. The van der Waals surface area contributed by atoms with E-state index in [1.165, 1.54) is 11.1 Å². The summed E-state index contributed by atoms with van der Waals surface area (Å²) < 4.78 is 2.17. The summed E-state index contributed by atoms with van der Waals surface area (Å²) in [6.07, 6.45) is 2.71. The molecule has 0 saturated heterocycles. The van der Waals surface area contributed by atoms with Crippen LogP contribution in [-0.2, 0) is 11.3 Å². The molecule has 2 aromatic rings. The molecule has 0 aliphatic carbocycles. The van der Waals surface area contributed by atoms with E-state index in [2.05, 4.69) is 46.4 Å². The van der Waals surface area contributed by atoms with Gasteiger partial charge in [-0.3, -0.25) is 0 Å². The highest BCUT2D eigenvalue weighted by Crippen LogP contribution is 2.18. The first-order chi connectivity index (χ1) is 7.72. The van der Waals surface area contributed by atoms with Gasteiger partial charge in [0, 0.05) is 6.04 Å². The first-order valence-electron chi connectivity index (χ1n) is 5.49. The van der Waals surface area contributed by atoms with Gasteiger partial charge in [-0.15, -0.1) is 0 Å². The molecule has 0 spiro atoms. The number of rotatable bonds is 4. The van der Waals surface area contributed by atoms with Gasteiger partial charge in [-0.2, -0.15) is 0 Å². The second kappa shape index (κ2) is 4.63. The molecular weight excluding hydrogens is 202 g/mol. The number of fused-ring (bicyclic) bond motifs is 1. The Bertz CT molecular complexity index is 476. The summed E-state index contributed by atoms with van der Waals surface area (Å²) in [6, 6.07) is 6.73. The zero-order chi connectivity index (χ0) is 11.5. The first-order valence-corrected chi connectivity index (χ1v) is 5.49. The van der Waals surface area contributed by atoms with Crippen molar-refractivity contribution >= 4 is 11.0 Å². The van der Waals surface area contributed by atoms with Crippen LogP contribution in [0.5, 0.6) is 0 Å². The Labute approximate surface area is 95.0 Å². The number of nitrogens with zero attached hydrogens (tertiary/aromatic N) is 2. The Morgan fingerprint density at radius 2 is 2.25 bits per heavy atom. The fraction of sp³-hybridized carbons (Fsp3) is 0.417. The van der Waals surface area contributed by atoms with Crippen molar-refractivity contribution in [1.29, 1.82) is 0 Å². The van der Waals surface area contributed by atoms with E-state index in [1.54, 1.807) is 0 Å². The molecule has 1 aromatic heterocycles. The van der Waals surface area contributed by atoms with Gasteiger partial charge in [0.05, 0.1) is 24.0 Å². The van der Waals surface area contributed by atoms with Crippen LogP contribution >= 0.6 is 0 Å². The van der Waals surface area contributed by atoms with Crippen molar-refractivity contribution < 1.29 is 4.84 Å². The number of hydrogen-bond donors (Lipinski definition) is 1. The molecule has 0 fully saturated rings. The summed E-state index contributed by atoms with van der Waals surface area (Å²) in [7, 11) is 0. The Hall–Kier alpha value is -1.39. The molecule has 16 heavy (non-hydrogen) atoms. The van der Waals surface area contributed by atoms with Crippen molar-refractivity contribution in [3.8, 4) is 0 Å². The molecule has 0 saturated carbocycles. The highest BCUT2D eigenvalue weighted by atomic mass is 16.6. The second-order valence-electron chi connectivity index (χ2n) is 4.19. The molecule has 0 atom stereocenters. The largest absolute Gasteiger partial charge is 0.328 e. The smallest absolute Gasteiger partial charge is 0.0960 e. The minimum absolute atomic E-state index is 0.434. The average Bonchev–Trinajstić information content (AvgIpc) is 2.69. The van der Waals surface area contributed by atoms with E-state index in [0.717, 1.165) is 11.9 Å². The van der Waals surface area contributed by atoms with E-state index in [4.69, 9.17) is 5.90 Å². The lowest BCUT2D eigenvalue weighted by molar-refractivity contribution is 0.141. The molecule has 0 aliphatic rings. The number of benzene rings is 1. The van der Waals surface area contributed by atoms with E-state index in [0.29, 0.717) is 12.6 Å². The minimum Gasteiger partial charge on any atom is -0.328 e. The normalized spacial score (nSPS) is 11.5. The van der Waals surface area contributed by atoms with Gasteiger partial charge in [-0.1, -0.05) is 6.07 Å². The van der Waals surface area contributed by atoms with Crippen LogP contribution in [0.4, 0.5) is 0 Å². The Kier molecular flexibility index (Phi) is 3.22. The minimum atomic E-state index is 0.434. The van der Waals surface area contributed by atoms with Gasteiger partial charge in [0.1, 0.15) is 0 Å². The van der Waals surface area contributed by atoms with Crippen LogP contribution in [0.3, 0.4) is 0 Å². The van der Waals surface area contributed by atoms with Crippen LogP contribution in [0.1, 0.15) is 25.5 Å². The SMILES string of the molecule is CC(C)n1cnc2cc(CCON)ccc21. The van der Waals surface area contributed by atoms with Crippen molar-refractivity contribution in [3.05, 3.63) is 30.1 Å². The van der Waals surface area contributed by atoms with Crippen molar-refractivity contribution in [3.63, 3.8) is 0 Å². The van der Waals surface area contributed by atoms with Crippen molar-refractivity contribution in [2.75, 3.05) is 6.61 Å². The van der Waals surface area contributed by atoms with Gasteiger partial charge in [-0.25, -0.2) is 10.9 Å². The Morgan fingerprint density at radius 1 is 1.44 bits per heavy atom. The molecule has 4 heteroatoms. The monoisotopic (exact) mass is 219 g/mol. The van der Waals surface area contributed by atoms with Gasteiger partial charge < -0.3 is 9.40 Å². The van der Waals surface area contributed by atoms with Crippen LogP contribution in [0, 0.1) is 0 Å². The third kappa shape index (κ3) is 2.08. The van der Waals surface area contributed by atoms with E-state index in [1.807, 2.05) is 6.33 Å². The summed E-state index contributed by atoms with van der Waals surface area (Å²) in [6.45, 7) is 4.84. The summed E-state index contributed by atoms with van der Waals surface area (Å²) in [4.78, 5) is 8.98. The number of hydrogen-bond acceptors (Lipinski definition) is 3. The molecular formula is C12H17N3O. The topological polar surface area (TPSA) is 53.1 Å². The van der Waals surface area contributed by atoms with E-state index in [9.17, 15) is 0 Å². The molecule has 2 rings (SSSR count). The van der Waals surface area contributed by atoms with Gasteiger partial charge in [0.2, 0.25) is 0 Å². The fourth-order valence-corrected chi connectivity index (χ4v) is 1.82. The van der Waals surface area contributed by atoms with Gasteiger partial charge in [0.15, 0.2) is 0 Å². The maximum absolute atomic E-state index is 5.01. The van der Waals surface area contributed by atoms with Crippen molar-refractivity contribution in [2.45, 2.75) is 26.3 Å². The third-order valence-corrected chi connectivity index (χ3v) is 2.70. The lowest BCUT2D eigenvalue weighted by Crippen LogP contribution is -2.03. The van der Waals surface area contributed by atoms with Gasteiger partial charge in [-0.05, 0) is 38.0 Å². The van der Waals surface area contributed by atoms with Crippen LogP contribution < -0.4 is 5.90 Å². The Balaban J connectivity index is 2.33. The predicted octanol–water partition coefficient (Wildman–Crippen LogP) is 2.05. The Morgan fingerprint density at radius 3 is 2.94 bits per heavy atom. The lowest BCUT2D eigenvalue weighted by atomic mass is 10.1. The molecule has 86 valence electrons. The summed E-state index contributed by atoms with van der Waals surface area (Å²) in [5.74, 6) is 5.01. The highest BCUT2D eigenvalue weighted by Gasteiger charge is 2.05. The highest BCUT2D eigenvalue weighted by molar-refractivity contribution is 5.76. The van der Waals surface area contributed by atoms with Crippen LogP contribution in [0.2, 0.25) is 0 Å². The molecule has 1 heterocycles. The second-order valence-corrected chi connectivity index (χ2v) is 4.19.